The Morgan fingerprint density at radius 2 is 1.84 bits per heavy atom. The molecule has 19 heavy (non-hydrogen) atoms. The maximum Gasteiger partial charge on any atom is 0.275 e. The van der Waals surface area contributed by atoms with Gasteiger partial charge in [0.1, 0.15) is 0 Å². The second-order valence-electron chi connectivity index (χ2n) is 5.76. The molecule has 0 aromatic heterocycles. The first kappa shape index (κ1) is 13.7. The lowest BCUT2D eigenvalue weighted by Crippen LogP contribution is -2.56. The van der Waals surface area contributed by atoms with Gasteiger partial charge >= 0.3 is 0 Å². The summed E-state index contributed by atoms with van der Waals surface area (Å²) in [6.45, 7) is 5.90. The van der Waals surface area contributed by atoms with Crippen molar-refractivity contribution >= 4 is 11.6 Å². The summed E-state index contributed by atoms with van der Waals surface area (Å²) < 4.78 is 0. The molecule has 1 unspecified atom stereocenters. The molecule has 1 atom stereocenters. The number of carbonyl (C=O) groups excluding carboxylic acids is 1. The Bertz CT molecular complexity index is 519. The molecule has 0 spiro atoms. The Morgan fingerprint density at radius 3 is 2.32 bits per heavy atom. The Labute approximate surface area is 112 Å². The Morgan fingerprint density at radius 1 is 1.26 bits per heavy atom. The SMILES string of the molecule is CN1N=C(C(C)(C)C)C(NO)(c2ccccc2)C1=O. The maximum absolute atomic E-state index is 12.5. The first-order valence-electron chi connectivity index (χ1n) is 6.18. The third kappa shape index (κ3) is 1.95. The minimum Gasteiger partial charge on any atom is -0.315 e. The molecule has 0 saturated carbocycles. The molecule has 5 nitrogen and oxygen atoms in total. The number of carbonyl (C=O) groups is 1. The molecule has 5 heteroatoms. The van der Waals surface area contributed by atoms with Gasteiger partial charge in [0.2, 0.25) is 0 Å². The van der Waals surface area contributed by atoms with Crippen LogP contribution >= 0.6 is 0 Å². The highest BCUT2D eigenvalue weighted by molar-refractivity contribution is 6.18. The van der Waals surface area contributed by atoms with Gasteiger partial charge in [-0.25, -0.2) is 5.01 Å². The third-order valence-electron chi connectivity index (χ3n) is 3.30. The van der Waals surface area contributed by atoms with Crippen LogP contribution < -0.4 is 5.48 Å². The Balaban J connectivity index is 2.66. The lowest BCUT2D eigenvalue weighted by Gasteiger charge is -2.33. The van der Waals surface area contributed by atoms with Crippen LogP contribution in [0, 0.1) is 5.41 Å². The van der Waals surface area contributed by atoms with Gasteiger partial charge in [-0.3, -0.25) is 4.79 Å². The van der Waals surface area contributed by atoms with E-state index in [1.165, 1.54) is 5.01 Å². The third-order valence-corrected chi connectivity index (χ3v) is 3.30. The maximum atomic E-state index is 12.5. The average molecular weight is 261 g/mol. The molecule has 2 rings (SSSR count). The highest BCUT2D eigenvalue weighted by Crippen LogP contribution is 2.37. The van der Waals surface area contributed by atoms with Gasteiger partial charge in [0.15, 0.2) is 5.54 Å². The van der Waals surface area contributed by atoms with Gasteiger partial charge in [-0.05, 0) is 5.56 Å². The number of nitrogens with zero attached hydrogens (tertiary/aromatic N) is 2. The number of benzene rings is 1. The Kier molecular flexibility index (Phi) is 3.20. The smallest absolute Gasteiger partial charge is 0.275 e. The standard InChI is InChI=1S/C14H19N3O2/c1-13(2,3)11-14(16-19,12(18)17(4)15-11)10-8-6-5-7-9-10/h5-9,16,19H,1-4H3. The van der Waals surface area contributed by atoms with Gasteiger partial charge in [0.25, 0.3) is 5.91 Å². The van der Waals surface area contributed by atoms with E-state index < -0.39 is 5.54 Å². The highest BCUT2D eigenvalue weighted by Gasteiger charge is 2.54. The van der Waals surface area contributed by atoms with Crippen LogP contribution in [0.4, 0.5) is 0 Å². The molecule has 0 bridgehead atoms. The van der Waals surface area contributed by atoms with E-state index in [4.69, 9.17) is 0 Å². The van der Waals surface area contributed by atoms with Crippen molar-refractivity contribution in [3.63, 3.8) is 0 Å². The van der Waals surface area contributed by atoms with Gasteiger partial charge in [-0.1, -0.05) is 51.1 Å². The fourth-order valence-electron chi connectivity index (χ4n) is 2.44. The van der Waals surface area contributed by atoms with Crippen LogP contribution in [0.3, 0.4) is 0 Å². The average Bonchev–Trinajstić information content (AvgIpc) is 2.64. The van der Waals surface area contributed by atoms with Crippen molar-refractivity contribution < 1.29 is 10.0 Å². The van der Waals surface area contributed by atoms with E-state index in [0.29, 0.717) is 11.3 Å². The summed E-state index contributed by atoms with van der Waals surface area (Å²) in [4.78, 5) is 12.5. The van der Waals surface area contributed by atoms with Gasteiger partial charge in [-0.2, -0.15) is 10.6 Å². The molecule has 0 fully saturated rings. The van der Waals surface area contributed by atoms with Crippen LogP contribution in [0.25, 0.3) is 0 Å². The minimum atomic E-state index is -1.30. The normalized spacial score (nSPS) is 23.7. The second-order valence-corrected chi connectivity index (χ2v) is 5.76. The van der Waals surface area contributed by atoms with E-state index in [2.05, 4.69) is 10.6 Å². The van der Waals surface area contributed by atoms with Crippen molar-refractivity contribution in [2.75, 3.05) is 7.05 Å². The summed E-state index contributed by atoms with van der Waals surface area (Å²) in [5, 5.41) is 15.3. The number of rotatable bonds is 2. The van der Waals surface area contributed by atoms with Gasteiger partial charge in [0, 0.05) is 12.5 Å². The lowest BCUT2D eigenvalue weighted by molar-refractivity contribution is -0.136. The quantitative estimate of drug-likeness (QED) is 0.797. The fourth-order valence-corrected chi connectivity index (χ4v) is 2.44. The van der Waals surface area contributed by atoms with Crippen LogP contribution in [-0.2, 0) is 10.3 Å². The molecule has 1 aromatic rings. The van der Waals surface area contributed by atoms with Crippen LogP contribution in [0.1, 0.15) is 26.3 Å². The van der Waals surface area contributed by atoms with E-state index >= 15 is 0 Å². The predicted molar refractivity (Wildman–Crippen MR) is 72.7 cm³/mol. The summed E-state index contributed by atoms with van der Waals surface area (Å²) in [5.41, 5.74) is 1.84. The summed E-state index contributed by atoms with van der Waals surface area (Å²) in [5.74, 6) is -0.286. The van der Waals surface area contributed by atoms with E-state index in [0.717, 1.165) is 0 Å². The number of likely N-dealkylation sites (N-methyl/N-ethyl adjacent to an activating group) is 1. The zero-order valence-corrected chi connectivity index (χ0v) is 11.6. The molecule has 1 heterocycles. The number of hydrazone groups is 1. The van der Waals surface area contributed by atoms with E-state index in [1.54, 1.807) is 7.05 Å². The van der Waals surface area contributed by atoms with Crippen molar-refractivity contribution in [2.24, 2.45) is 10.5 Å². The second kappa shape index (κ2) is 4.43. The summed E-state index contributed by atoms with van der Waals surface area (Å²) in [6, 6.07) is 9.15. The molecule has 0 aliphatic carbocycles. The van der Waals surface area contributed by atoms with Crippen molar-refractivity contribution in [2.45, 2.75) is 26.3 Å². The van der Waals surface area contributed by atoms with Crippen molar-refractivity contribution in [1.29, 1.82) is 0 Å². The van der Waals surface area contributed by atoms with Crippen LogP contribution in [-0.4, -0.2) is 28.9 Å². The summed E-state index contributed by atoms with van der Waals surface area (Å²) >= 11 is 0. The zero-order chi connectivity index (χ0) is 14.3. The van der Waals surface area contributed by atoms with Crippen LogP contribution in [0.5, 0.6) is 0 Å². The minimum absolute atomic E-state index is 0.286. The number of hydroxylamine groups is 1. The van der Waals surface area contributed by atoms with Gasteiger partial charge in [-0.15, -0.1) is 0 Å². The largest absolute Gasteiger partial charge is 0.315 e. The number of hydrogen-bond acceptors (Lipinski definition) is 4. The van der Waals surface area contributed by atoms with Crippen molar-refractivity contribution in [1.82, 2.24) is 10.5 Å². The molecule has 1 aromatic carbocycles. The number of amides is 1. The first-order chi connectivity index (χ1) is 8.84. The molecule has 2 N–H and O–H groups in total. The van der Waals surface area contributed by atoms with Crippen molar-refractivity contribution in [3.8, 4) is 0 Å². The van der Waals surface area contributed by atoms with E-state index in [-0.39, 0.29) is 11.3 Å². The van der Waals surface area contributed by atoms with Crippen LogP contribution in [0.2, 0.25) is 0 Å². The predicted octanol–water partition coefficient (Wildman–Crippen LogP) is 1.73. The van der Waals surface area contributed by atoms with Crippen LogP contribution in [0.15, 0.2) is 35.4 Å². The number of nitrogens with one attached hydrogen (secondary N) is 1. The lowest BCUT2D eigenvalue weighted by atomic mass is 9.74. The molecule has 1 aliphatic rings. The molecule has 102 valence electrons. The van der Waals surface area contributed by atoms with E-state index in [1.807, 2.05) is 51.1 Å². The molecule has 0 radical (unpaired) electrons. The fraction of sp³-hybridized carbons (Fsp3) is 0.429. The molecule has 1 aliphatic heterocycles. The number of hydrogen-bond donors (Lipinski definition) is 2. The molecule has 1 amide bonds. The zero-order valence-electron chi connectivity index (χ0n) is 11.6. The monoisotopic (exact) mass is 261 g/mol. The highest BCUT2D eigenvalue weighted by atomic mass is 16.5. The first-order valence-corrected chi connectivity index (χ1v) is 6.18. The molecular formula is C14H19N3O2. The summed E-state index contributed by atoms with van der Waals surface area (Å²) in [7, 11) is 1.59. The summed E-state index contributed by atoms with van der Waals surface area (Å²) in [6.07, 6.45) is 0. The van der Waals surface area contributed by atoms with Gasteiger partial charge < -0.3 is 5.21 Å². The molecule has 0 saturated heterocycles. The van der Waals surface area contributed by atoms with E-state index in [9.17, 15) is 10.0 Å². The van der Waals surface area contributed by atoms with Gasteiger partial charge in [0.05, 0.1) is 5.71 Å². The molecular weight excluding hydrogens is 242 g/mol. The van der Waals surface area contributed by atoms with Crippen molar-refractivity contribution in [3.05, 3.63) is 35.9 Å². The topological polar surface area (TPSA) is 64.9 Å². The Hall–Kier alpha value is -1.72.